The molecule has 0 aliphatic carbocycles. The molecule has 8 heteroatoms. The summed E-state index contributed by atoms with van der Waals surface area (Å²) in [6.07, 6.45) is 1.33. The van der Waals surface area contributed by atoms with Crippen molar-refractivity contribution >= 4 is 16.9 Å². The van der Waals surface area contributed by atoms with Gasteiger partial charge in [0.05, 0.1) is 30.5 Å². The van der Waals surface area contributed by atoms with Gasteiger partial charge in [0.25, 0.3) is 0 Å². The Morgan fingerprint density at radius 2 is 2.16 bits per heavy atom. The van der Waals surface area contributed by atoms with Gasteiger partial charge in [-0.15, -0.1) is 10.2 Å². The third-order valence-corrected chi connectivity index (χ3v) is 4.45. The van der Waals surface area contributed by atoms with Gasteiger partial charge in [-0.1, -0.05) is 12.1 Å². The quantitative estimate of drug-likeness (QED) is 0.723. The number of aryl methyl sites for hydroxylation is 1. The molecule has 3 aromatic rings. The summed E-state index contributed by atoms with van der Waals surface area (Å²) >= 11 is 0. The smallest absolute Gasteiger partial charge is 0.246 e. The maximum Gasteiger partial charge on any atom is 0.246 e. The molecule has 8 nitrogen and oxygen atoms in total. The molecule has 3 heterocycles. The van der Waals surface area contributed by atoms with Crippen LogP contribution >= 0.6 is 0 Å². The fourth-order valence-electron chi connectivity index (χ4n) is 3.11. The van der Waals surface area contributed by atoms with Crippen LogP contribution in [0, 0.1) is 6.92 Å². The number of hydrogen-bond acceptors (Lipinski definition) is 6. The number of amides is 1. The van der Waals surface area contributed by atoms with Crippen LogP contribution in [0.25, 0.3) is 11.0 Å². The number of imidazole rings is 1. The lowest BCUT2D eigenvalue weighted by Crippen LogP contribution is -2.44. The standard InChI is InChI=1S/C17H19N5O3/c1-11(22-10-18-13-5-3-4-6-14(13)22)17(23)21-7-8-24-15(9-21)16-20-19-12(2)25-16/h3-6,10-11,15H,7-9H2,1-2H3/t11-,15+/m0/s1. The highest BCUT2D eigenvalue weighted by molar-refractivity contribution is 5.83. The van der Waals surface area contributed by atoms with Crippen LogP contribution in [0.2, 0.25) is 0 Å². The van der Waals surface area contributed by atoms with Crippen LogP contribution in [0.5, 0.6) is 0 Å². The highest BCUT2D eigenvalue weighted by atomic mass is 16.5. The lowest BCUT2D eigenvalue weighted by Gasteiger charge is -2.33. The summed E-state index contributed by atoms with van der Waals surface area (Å²) in [5.74, 6) is 0.920. The van der Waals surface area contributed by atoms with Gasteiger partial charge >= 0.3 is 0 Å². The molecule has 0 N–H and O–H groups in total. The number of nitrogens with zero attached hydrogens (tertiary/aromatic N) is 5. The van der Waals surface area contributed by atoms with E-state index >= 15 is 0 Å². The van der Waals surface area contributed by atoms with Crippen molar-refractivity contribution in [3.8, 4) is 0 Å². The maximum absolute atomic E-state index is 13.0. The predicted molar refractivity (Wildman–Crippen MR) is 88.8 cm³/mol. The van der Waals surface area contributed by atoms with Crippen LogP contribution in [0.15, 0.2) is 35.0 Å². The van der Waals surface area contributed by atoms with Crippen molar-refractivity contribution in [2.24, 2.45) is 0 Å². The molecule has 4 rings (SSSR count). The summed E-state index contributed by atoms with van der Waals surface area (Å²) in [6.45, 7) is 5.00. The Morgan fingerprint density at radius 1 is 1.32 bits per heavy atom. The number of ether oxygens (including phenoxy) is 1. The number of carbonyl (C=O) groups is 1. The Hall–Kier alpha value is -2.74. The van der Waals surface area contributed by atoms with Gasteiger partial charge in [0.15, 0.2) is 6.10 Å². The maximum atomic E-state index is 13.0. The van der Waals surface area contributed by atoms with Gasteiger partial charge in [-0.2, -0.15) is 0 Å². The summed E-state index contributed by atoms with van der Waals surface area (Å²) < 4.78 is 13.0. The zero-order valence-electron chi connectivity index (χ0n) is 14.1. The second kappa shape index (κ2) is 6.29. The summed E-state index contributed by atoms with van der Waals surface area (Å²) in [6, 6.07) is 7.43. The fraction of sp³-hybridized carbons (Fsp3) is 0.412. The van der Waals surface area contributed by atoms with E-state index in [0.717, 1.165) is 11.0 Å². The van der Waals surface area contributed by atoms with Crippen LogP contribution in [0.4, 0.5) is 0 Å². The number of benzene rings is 1. The molecule has 1 fully saturated rings. The first kappa shape index (κ1) is 15.8. The first-order chi connectivity index (χ1) is 12.1. The van der Waals surface area contributed by atoms with Gasteiger partial charge in [0, 0.05) is 13.5 Å². The van der Waals surface area contributed by atoms with Gasteiger partial charge in [0.1, 0.15) is 6.04 Å². The normalized spacial score (nSPS) is 19.3. The van der Waals surface area contributed by atoms with Crippen molar-refractivity contribution in [3.05, 3.63) is 42.4 Å². The lowest BCUT2D eigenvalue weighted by molar-refractivity contribution is -0.142. The Bertz CT molecular complexity index is 902. The van der Waals surface area contributed by atoms with Crippen molar-refractivity contribution in [1.82, 2.24) is 24.6 Å². The third-order valence-electron chi connectivity index (χ3n) is 4.45. The Labute approximate surface area is 144 Å². The van der Waals surface area contributed by atoms with E-state index in [-0.39, 0.29) is 18.1 Å². The Morgan fingerprint density at radius 3 is 2.96 bits per heavy atom. The lowest BCUT2D eigenvalue weighted by atomic mass is 10.2. The van der Waals surface area contributed by atoms with Gasteiger partial charge in [0.2, 0.25) is 17.7 Å². The van der Waals surface area contributed by atoms with Crippen molar-refractivity contribution in [3.63, 3.8) is 0 Å². The molecule has 1 amide bonds. The van der Waals surface area contributed by atoms with E-state index in [1.165, 1.54) is 0 Å². The number of aromatic nitrogens is 4. The number of hydrogen-bond donors (Lipinski definition) is 0. The topological polar surface area (TPSA) is 86.3 Å². The van der Waals surface area contributed by atoms with Crippen LogP contribution < -0.4 is 0 Å². The molecule has 0 spiro atoms. The molecule has 0 unspecified atom stereocenters. The average molecular weight is 341 g/mol. The van der Waals surface area contributed by atoms with E-state index in [1.54, 1.807) is 18.2 Å². The molecule has 25 heavy (non-hydrogen) atoms. The molecule has 130 valence electrons. The number of fused-ring (bicyclic) bond motifs is 1. The summed E-state index contributed by atoms with van der Waals surface area (Å²) in [5.41, 5.74) is 1.82. The van der Waals surface area contributed by atoms with E-state index in [0.29, 0.717) is 31.5 Å². The van der Waals surface area contributed by atoms with E-state index in [9.17, 15) is 4.79 Å². The minimum absolute atomic E-state index is 0.0210. The van der Waals surface area contributed by atoms with Gasteiger partial charge in [-0.25, -0.2) is 4.98 Å². The molecule has 1 aromatic carbocycles. The molecule has 1 aliphatic heterocycles. The first-order valence-corrected chi connectivity index (χ1v) is 8.25. The van der Waals surface area contributed by atoms with Crippen LogP contribution in [-0.4, -0.2) is 50.3 Å². The van der Waals surface area contributed by atoms with Gasteiger partial charge in [-0.3, -0.25) is 4.79 Å². The van der Waals surface area contributed by atoms with Crippen molar-refractivity contribution < 1.29 is 13.9 Å². The van der Waals surface area contributed by atoms with Crippen LogP contribution in [0.3, 0.4) is 0 Å². The summed E-state index contributed by atoms with van der Waals surface area (Å²) in [5, 5.41) is 7.83. The number of morpholine rings is 1. The second-order valence-electron chi connectivity index (χ2n) is 6.12. The largest absolute Gasteiger partial charge is 0.423 e. The predicted octanol–water partition coefficient (Wildman–Crippen LogP) is 1.89. The van der Waals surface area contributed by atoms with E-state index in [2.05, 4.69) is 15.2 Å². The summed E-state index contributed by atoms with van der Waals surface area (Å²) in [7, 11) is 0. The Balaban J connectivity index is 1.53. The first-order valence-electron chi connectivity index (χ1n) is 8.25. The van der Waals surface area contributed by atoms with Crippen molar-refractivity contribution in [2.75, 3.05) is 19.7 Å². The molecule has 0 saturated carbocycles. The molecular weight excluding hydrogens is 322 g/mol. The van der Waals surface area contributed by atoms with E-state index in [4.69, 9.17) is 9.15 Å². The van der Waals surface area contributed by atoms with E-state index < -0.39 is 0 Å². The zero-order valence-corrected chi connectivity index (χ0v) is 14.1. The minimum atomic E-state index is -0.384. The van der Waals surface area contributed by atoms with E-state index in [1.807, 2.05) is 35.8 Å². The fourth-order valence-corrected chi connectivity index (χ4v) is 3.11. The van der Waals surface area contributed by atoms with Crippen molar-refractivity contribution in [1.29, 1.82) is 0 Å². The van der Waals surface area contributed by atoms with Crippen molar-refractivity contribution in [2.45, 2.75) is 26.0 Å². The molecule has 1 aliphatic rings. The number of para-hydroxylation sites is 2. The van der Waals surface area contributed by atoms with Crippen LogP contribution in [0.1, 0.15) is 30.9 Å². The monoisotopic (exact) mass is 341 g/mol. The number of rotatable bonds is 3. The SMILES string of the molecule is Cc1nnc([C@H]2CN(C(=O)[C@H](C)n3cnc4ccccc43)CCO2)o1. The highest BCUT2D eigenvalue weighted by Crippen LogP contribution is 2.24. The average Bonchev–Trinajstić information content (AvgIpc) is 3.27. The molecule has 2 aromatic heterocycles. The molecule has 0 radical (unpaired) electrons. The molecule has 1 saturated heterocycles. The minimum Gasteiger partial charge on any atom is -0.423 e. The summed E-state index contributed by atoms with van der Waals surface area (Å²) in [4.78, 5) is 19.1. The van der Waals surface area contributed by atoms with Crippen LogP contribution in [-0.2, 0) is 9.53 Å². The second-order valence-corrected chi connectivity index (χ2v) is 6.12. The van der Waals surface area contributed by atoms with Gasteiger partial charge < -0.3 is 18.6 Å². The zero-order chi connectivity index (χ0) is 17.4. The molecule has 2 atom stereocenters. The Kier molecular flexibility index (Phi) is 3.96. The third kappa shape index (κ3) is 2.89. The molecular formula is C17H19N5O3. The molecule has 0 bridgehead atoms. The number of carbonyl (C=O) groups excluding carboxylic acids is 1. The van der Waals surface area contributed by atoms with Gasteiger partial charge in [-0.05, 0) is 19.1 Å². The highest BCUT2D eigenvalue weighted by Gasteiger charge is 2.31.